The zero-order chi connectivity index (χ0) is 17.0. The van der Waals surface area contributed by atoms with E-state index in [1.165, 1.54) is 0 Å². The molecule has 1 saturated heterocycles. The van der Waals surface area contributed by atoms with Crippen molar-refractivity contribution in [3.05, 3.63) is 34.9 Å². The summed E-state index contributed by atoms with van der Waals surface area (Å²) in [6.45, 7) is 7.50. The van der Waals surface area contributed by atoms with Crippen LogP contribution in [-0.2, 0) is 16.1 Å². The smallest absolute Gasteiger partial charge is 0.227 e. The highest BCUT2D eigenvalue weighted by atomic mass is 35.5. The number of nitrogens with one attached hydrogen (secondary N) is 1. The molecule has 0 aliphatic carbocycles. The number of amides is 2. The maximum Gasteiger partial charge on any atom is 0.227 e. The number of hydrogen-bond acceptors (Lipinski definition) is 2. The summed E-state index contributed by atoms with van der Waals surface area (Å²) in [4.78, 5) is 26.6. The molecule has 0 spiro atoms. The lowest BCUT2D eigenvalue weighted by atomic mass is 9.91. The fourth-order valence-electron chi connectivity index (χ4n) is 2.79. The lowest BCUT2D eigenvalue weighted by Gasteiger charge is -2.35. The minimum absolute atomic E-state index is 0.0198. The molecule has 1 aromatic carbocycles. The van der Waals surface area contributed by atoms with Crippen LogP contribution in [-0.4, -0.2) is 29.8 Å². The molecule has 1 N–H and O–H groups in total. The number of carbonyl (C=O) groups excluding carboxylic acids is 2. The summed E-state index contributed by atoms with van der Waals surface area (Å²) in [7, 11) is 0. The third kappa shape index (κ3) is 4.96. The van der Waals surface area contributed by atoms with Crippen molar-refractivity contribution >= 4 is 23.4 Å². The predicted octanol–water partition coefficient (Wildman–Crippen LogP) is 3.24. The summed E-state index contributed by atoms with van der Waals surface area (Å²) in [5.41, 5.74) is 0.614. The Kier molecular flexibility index (Phi) is 5.69. The van der Waals surface area contributed by atoms with Crippen LogP contribution in [0.1, 0.15) is 39.2 Å². The van der Waals surface area contributed by atoms with Gasteiger partial charge in [-0.2, -0.15) is 0 Å². The van der Waals surface area contributed by atoms with Gasteiger partial charge in [0.15, 0.2) is 0 Å². The molecule has 1 aromatic rings. The van der Waals surface area contributed by atoms with Crippen molar-refractivity contribution in [2.45, 2.75) is 40.2 Å². The lowest BCUT2D eigenvalue weighted by Crippen LogP contribution is -2.48. The summed E-state index contributed by atoms with van der Waals surface area (Å²) in [5.74, 6) is 0.0152. The monoisotopic (exact) mass is 336 g/mol. The van der Waals surface area contributed by atoms with E-state index in [-0.39, 0.29) is 17.7 Å². The lowest BCUT2D eigenvalue weighted by molar-refractivity contribution is -0.142. The SMILES string of the molecule is CC(C)(C)C(=O)N1CCC[C@H](C(=O)NCc2ccc(Cl)cc2)C1. The van der Waals surface area contributed by atoms with Gasteiger partial charge in [0.25, 0.3) is 0 Å². The number of halogens is 1. The summed E-state index contributed by atoms with van der Waals surface area (Å²) >= 11 is 5.85. The summed E-state index contributed by atoms with van der Waals surface area (Å²) < 4.78 is 0. The Labute approximate surface area is 143 Å². The Morgan fingerprint density at radius 1 is 1.26 bits per heavy atom. The second-order valence-electron chi connectivity index (χ2n) is 7.18. The van der Waals surface area contributed by atoms with E-state index in [2.05, 4.69) is 5.32 Å². The van der Waals surface area contributed by atoms with Crippen LogP contribution in [0.3, 0.4) is 0 Å². The Balaban J connectivity index is 1.89. The molecule has 1 aliphatic rings. The number of rotatable bonds is 3. The molecule has 4 nitrogen and oxygen atoms in total. The molecule has 5 heteroatoms. The van der Waals surface area contributed by atoms with Gasteiger partial charge in [0, 0.05) is 30.1 Å². The van der Waals surface area contributed by atoms with Crippen molar-refractivity contribution in [2.75, 3.05) is 13.1 Å². The summed E-state index contributed by atoms with van der Waals surface area (Å²) in [6.07, 6.45) is 1.71. The van der Waals surface area contributed by atoms with Crippen molar-refractivity contribution in [3.63, 3.8) is 0 Å². The topological polar surface area (TPSA) is 49.4 Å². The van der Waals surface area contributed by atoms with Crippen molar-refractivity contribution in [1.29, 1.82) is 0 Å². The minimum atomic E-state index is -0.401. The molecule has 0 saturated carbocycles. The number of hydrogen-bond donors (Lipinski definition) is 1. The van der Waals surface area contributed by atoms with Gasteiger partial charge in [0.1, 0.15) is 0 Å². The van der Waals surface area contributed by atoms with Crippen molar-refractivity contribution in [2.24, 2.45) is 11.3 Å². The molecular weight excluding hydrogens is 312 g/mol. The summed E-state index contributed by atoms with van der Waals surface area (Å²) in [6, 6.07) is 7.43. The maximum absolute atomic E-state index is 12.4. The highest BCUT2D eigenvalue weighted by Gasteiger charge is 2.33. The van der Waals surface area contributed by atoms with Gasteiger partial charge in [-0.3, -0.25) is 9.59 Å². The Morgan fingerprint density at radius 3 is 2.52 bits per heavy atom. The summed E-state index contributed by atoms with van der Waals surface area (Å²) in [5, 5.41) is 3.65. The van der Waals surface area contributed by atoms with Gasteiger partial charge < -0.3 is 10.2 Å². The standard InChI is InChI=1S/C18H25ClN2O2/c1-18(2,3)17(23)21-10-4-5-14(12-21)16(22)20-11-13-6-8-15(19)9-7-13/h6-9,14H,4-5,10-12H2,1-3H3,(H,20,22)/t14-/m0/s1. The first kappa shape index (κ1) is 17.8. The van der Waals surface area contributed by atoms with Gasteiger partial charge in [-0.25, -0.2) is 0 Å². The normalized spacial score (nSPS) is 18.6. The molecule has 1 atom stereocenters. The quantitative estimate of drug-likeness (QED) is 0.921. The molecule has 0 aromatic heterocycles. The molecule has 126 valence electrons. The molecule has 23 heavy (non-hydrogen) atoms. The number of likely N-dealkylation sites (tertiary alicyclic amines) is 1. The molecule has 0 radical (unpaired) electrons. The number of carbonyl (C=O) groups is 2. The third-order valence-corrected chi connectivity index (χ3v) is 4.35. The maximum atomic E-state index is 12.4. The van der Waals surface area contributed by atoms with E-state index < -0.39 is 5.41 Å². The molecule has 1 heterocycles. The van der Waals surface area contributed by atoms with Crippen LogP contribution in [0.25, 0.3) is 0 Å². The molecule has 0 unspecified atom stereocenters. The Morgan fingerprint density at radius 2 is 1.91 bits per heavy atom. The van der Waals surface area contributed by atoms with Gasteiger partial charge in [0.2, 0.25) is 11.8 Å². The fraction of sp³-hybridized carbons (Fsp3) is 0.556. The van der Waals surface area contributed by atoms with Crippen molar-refractivity contribution in [3.8, 4) is 0 Å². The fourth-order valence-corrected chi connectivity index (χ4v) is 2.91. The number of nitrogens with zero attached hydrogens (tertiary/aromatic N) is 1. The minimum Gasteiger partial charge on any atom is -0.352 e. The van der Waals surface area contributed by atoms with Crippen LogP contribution in [0.4, 0.5) is 0 Å². The third-order valence-electron chi connectivity index (χ3n) is 4.10. The predicted molar refractivity (Wildman–Crippen MR) is 92.1 cm³/mol. The van der Waals surface area contributed by atoms with Crippen LogP contribution in [0.15, 0.2) is 24.3 Å². The highest BCUT2D eigenvalue weighted by Crippen LogP contribution is 2.23. The van der Waals surface area contributed by atoms with Crippen LogP contribution < -0.4 is 5.32 Å². The first-order valence-corrected chi connectivity index (χ1v) is 8.46. The zero-order valence-corrected chi connectivity index (χ0v) is 14.8. The van der Waals surface area contributed by atoms with E-state index >= 15 is 0 Å². The highest BCUT2D eigenvalue weighted by molar-refractivity contribution is 6.30. The van der Waals surface area contributed by atoms with E-state index in [1.54, 1.807) is 0 Å². The molecule has 1 aliphatic heterocycles. The van der Waals surface area contributed by atoms with E-state index in [0.717, 1.165) is 24.9 Å². The largest absolute Gasteiger partial charge is 0.352 e. The van der Waals surface area contributed by atoms with Crippen LogP contribution >= 0.6 is 11.6 Å². The molecular formula is C18H25ClN2O2. The van der Waals surface area contributed by atoms with Crippen LogP contribution in [0, 0.1) is 11.3 Å². The van der Waals surface area contributed by atoms with Crippen molar-refractivity contribution < 1.29 is 9.59 Å². The van der Waals surface area contributed by atoms with Gasteiger partial charge in [-0.15, -0.1) is 0 Å². The van der Waals surface area contributed by atoms with Gasteiger partial charge in [-0.1, -0.05) is 44.5 Å². The first-order valence-electron chi connectivity index (χ1n) is 8.09. The average molecular weight is 337 g/mol. The number of benzene rings is 1. The van der Waals surface area contributed by atoms with Gasteiger partial charge in [0.05, 0.1) is 5.92 Å². The molecule has 2 amide bonds. The zero-order valence-electron chi connectivity index (χ0n) is 14.1. The first-order chi connectivity index (χ1) is 10.8. The van der Waals surface area contributed by atoms with Crippen LogP contribution in [0.5, 0.6) is 0 Å². The van der Waals surface area contributed by atoms with Gasteiger partial charge in [-0.05, 0) is 30.5 Å². The van der Waals surface area contributed by atoms with E-state index in [0.29, 0.717) is 18.1 Å². The Hall–Kier alpha value is -1.55. The van der Waals surface area contributed by atoms with E-state index in [1.807, 2.05) is 49.9 Å². The van der Waals surface area contributed by atoms with E-state index in [9.17, 15) is 9.59 Å². The number of piperidine rings is 1. The van der Waals surface area contributed by atoms with Crippen molar-refractivity contribution in [1.82, 2.24) is 10.2 Å². The van der Waals surface area contributed by atoms with Crippen LogP contribution in [0.2, 0.25) is 5.02 Å². The average Bonchev–Trinajstić information content (AvgIpc) is 2.52. The molecule has 1 fully saturated rings. The molecule has 0 bridgehead atoms. The second-order valence-corrected chi connectivity index (χ2v) is 7.62. The Bertz CT molecular complexity index is 563. The van der Waals surface area contributed by atoms with E-state index in [4.69, 9.17) is 11.6 Å². The second kappa shape index (κ2) is 7.35. The molecule has 2 rings (SSSR count). The van der Waals surface area contributed by atoms with Gasteiger partial charge >= 0.3 is 0 Å².